The summed E-state index contributed by atoms with van der Waals surface area (Å²) in [7, 11) is 0. The van der Waals surface area contributed by atoms with Gasteiger partial charge in [0, 0.05) is 18.6 Å². The number of hydrogen-bond acceptors (Lipinski definition) is 3. The Bertz CT molecular complexity index is 231. The zero-order chi connectivity index (χ0) is 12.4. The van der Waals surface area contributed by atoms with Gasteiger partial charge in [-0.3, -0.25) is 0 Å². The van der Waals surface area contributed by atoms with E-state index in [9.17, 15) is 13.2 Å². The Balaban J connectivity index is 2.51. The van der Waals surface area contributed by atoms with Gasteiger partial charge in [0.1, 0.15) is 0 Å². The topological polar surface area (TPSA) is 49.5 Å². The number of hydrogen-bond donors (Lipinski definition) is 2. The zero-order valence-electron chi connectivity index (χ0n) is 9.43. The van der Waals surface area contributed by atoms with E-state index in [2.05, 4.69) is 0 Å². The van der Waals surface area contributed by atoms with E-state index in [1.54, 1.807) is 11.8 Å². The van der Waals surface area contributed by atoms with Crippen molar-refractivity contribution >= 4 is 0 Å². The molecule has 0 aromatic rings. The Morgan fingerprint density at radius 2 is 2.06 bits per heavy atom. The first-order valence-electron chi connectivity index (χ1n) is 5.43. The molecule has 0 saturated carbocycles. The highest BCUT2D eigenvalue weighted by Crippen LogP contribution is 2.33. The molecule has 1 aliphatic heterocycles. The summed E-state index contributed by atoms with van der Waals surface area (Å²) < 4.78 is 37.6. The fraction of sp³-hybridized carbons (Fsp3) is 1.00. The first kappa shape index (κ1) is 13.7. The van der Waals surface area contributed by atoms with Crippen molar-refractivity contribution in [3.05, 3.63) is 0 Å². The maximum Gasteiger partial charge on any atom is 0.393 e. The van der Waals surface area contributed by atoms with Crippen molar-refractivity contribution in [1.29, 1.82) is 0 Å². The molecule has 3 N–H and O–H groups in total. The second-order valence-electron chi connectivity index (χ2n) is 4.93. The van der Waals surface area contributed by atoms with Gasteiger partial charge in [-0.2, -0.15) is 13.2 Å². The van der Waals surface area contributed by atoms with Crippen LogP contribution in [0, 0.1) is 5.92 Å². The molecular formula is C10H19F3N2O. The summed E-state index contributed by atoms with van der Waals surface area (Å²) in [6, 6.07) is 0. The van der Waals surface area contributed by atoms with Gasteiger partial charge in [0.2, 0.25) is 0 Å². The fourth-order valence-electron chi connectivity index (χ4n) is 2.03. The Kier molecular flexibility index (Phi) is 4.20. The number of alkyl halides is 3. The van der Waals surface area contributed by atoms with Gasteiger partial charge >= 0.3 is 6.18 Å². The second kappa shape index (κ2) is 4.89. The normalized spacial score (nSPS) is 27.8. The molecule has 3 nitrogen and oxygen atoms in total. The van der Waals surface area contributed by atoms with Crippen molar-refractivity contribution in [1.82, 2.24) is 4.90 Å². The van der Waals surface area contributed by atoms with Gasteiger partial charge in [-0.15, -0.1) is 0 Å². The van der Waals surface area contributed by atoms with E-state index >= 15 is 0 Å². The maximum atomic E-state index is 12.5. The molecule has 0 radical (unpaired) electrons. The lowest BCUT2D eigenvalue weighted by atomic mass is 9.95. The Hall–Kier alpha value is -0.330. The molecule has 1 saturated heterocycles. The van der Waals surface area contributed by atoms with Crippen LogP contribution < -0.4 is 5.73 Å². The number of halogens is 3. The Labute approximate surface area is 93.4 Å². The number of nitrogens with two attached hydrogens (primary N) is 1. The minimum Gasteiger partial charge on any atom is -0.394 e. The Morgan fingerprint density at radius 1 is 1.44 bits per heavy atom. The SMILES string of the molecule is CC(N)(CO)CN1CCCC(C(F)(F)F)C1. The molecule has 1 aliphatic rings. The van der Waals surface area contributed by atoms with Crippen molar-refractivity contribution in [3.63, 3.8) is 0 Å². The molecule has 16 heavy (non-hydrogen) atoms. The summed E-state index contributed by atoms with van der Waals surface area (Å²) in [4.78, 5) is 1.69. The maximum absolute atomic E-state index is 12.5. The molecule has 1 fully saturated rings. The summed E-state index contributed by atoms with van der Waals surface area (Å²) in [6.45, 7) is 2.34. The van der Waals surface area contributed by atoms with Crippen LogP contribution in [-0.2, 0) is 0 Å². The van der Waals surface area contributed by atoms with E-state index in [4.69, 9.17) is 10.8 Å². The van der Waals surface area contributed by atoms with Crippen LogP contribution in [0.5, 0.6) is 0 Å². The average Bonchev–Trinajstić information content (AvgIpc) is 2.16. The minimum absolute atomic E-state index is 0.00368. The number of aliphatic hydroxyl groups excluding tert-OH is 1. The van der Waals surface area contributed by atoms with Crippen LogP contribution in [0.15, 0.2) is 0 Å². The van der Waals surface area contributed by atoms with Gasteiger partial charge in [-0.05, 0) is 26.3 Å². The summed E-state index contributed by atoms with van der Waals surface area (Å²) in [5.41, 5.74) is 4.90. The smallest absolute Gasteiger partial charge is 0.393 e. The van der Waals surface area contributed by atoms with Gasteiger partial charge in [-0.1, -0.05) is 0 Å². The highest BCUT2D eigenvalue weighted by molar-refractivity contribution is 4.86. The largest absolute Gasteiger partial charge is 0.394 e. The van der Waals surface area contributed by atoms with Crippen LogP contribution >= 0.6 is 0 Å². The molecule has 0 bridgehead atoms. The first-order chi connectivity index (χ1) is 7.24. The number of rotatable bonds is 3. The van der Waals surface area contributed by atoms with Crippen molar-refractivity contribution in [2.45, 2.75) is 31.5 Å². The molecule has 1 rings (SSSR count). The van der Waals surface area contributed by atoms with Crippen molar-refractivity contribution in [2.24, 2.45) is 11.7 Å². The van der Waals surface area contributed by atoms with Crippen LogP contribution in [0.25, 0.3) is 0 Å². The molecule has 6 heteroatoms. The lowest BCUT2D eigenvalue weighted by molar-refractivity contribution is -0.187. The average molecular weight is 240 g/mol. The quantitative estimate of drug-likeness (QED) is 0.773. The van der Waals surface area contributed by atoms with E-state index in [-0.39, 0.29) is 19.6 Å². The molecule has 0 amide bonds. The standard InChI is InChI=1S/C10H19F3N2O/c1-9(14,7-16)6-15-4-2-3-8(5-15)10(11,12)13/h8,16H,2-7,14H2,1H3. The highest BCUT2D eigenvalue weighted by Gasteiger charge is 2.42. The summed E-state index contributed by atoms with van der Waals surface area (Å²) in [6.07, 6.45) is -3.39. The third kappa shape index (κ3) is 3.92. The number of likely N-dealkylation sites (tertiary alicyclic amines) is 1. The third-order valence-corrected chi connectivity index (χ3v) is 2.91. The lowest BCUT2D eigenvalue weighted by Crippen LogP contribution is -2.53. The molecule has 0 aromatic carbocycles. The van der Waals surface area contributed by atoms with E-state index in [0.29, 0.717) is 19.5 Å². The molecule has 2 atom stereocenters. The fourth-order valence-corrected chi connectivity index (χ4v) is 2.03. The monoisotopic (exact) mass is 240 g/mol. The van der Waals surface area contributed by atoms with Crippen LogP contribution in [0.2, 0.25) is 0 Å². The molecule has 96 valence electrons. The van der Waals surface area contributed by atoms with Gasteiger partial charge in [-0.25, -0.2) is 0 Å². The van der Waals surface area contributed by atoms with E-state index in [0.717, 1.165) is 0 Å². The molecule has 2 unspecified atom stereocenters. The van der Waals surface area contributed by atoms with Gasteiger partial charge in [0.05, 0.1) is 12.5 Å². The van der Waals surface area contributed by atoms with E-state index < -0.39 is 17.6 Å². The predicted molar refractivity (Wildman–Crippen MR) is 54.9 cm³/mol. The predicted octanol–water partition coefficient (Wildman–Crippen LogP) is 0.970. The van der Waals surface area contributed by atoms with Gasteiger partial charge < -0.3 is 15.7 Å². The number of nitrogens with zero attached hydrogens (tertiary/aromatic N) is 1. The number of piperidine rings is 1. The molecule has 1 heterocycles. The second-order valence-corrected chi connectivity index (χ2v) is 4.93. The summed E-state index contributed by atoms with van der Waals surface area (Å²) in [5.74, 6) is -1.25. The van der Waals surface area contributed by atoms with E-state index in [1.165, 1.54) is 0 Å². The molecule has 0 spiro atoms. The van der Waals surface area contributed by atoms with Gasteiger partial charge in [0.25, 0.3) is 0 Å². The van der Waals surface area contributed by atoms with Crippen LogP contribution in [0.3, 0.4) is 0 Å². The van der Waals surface area contributed by atoms with E-state index in [1.807, 2.05) is 0 Å². The van der Waals surface area contributed by atoms with Gasteiger partial charge in [0.15, 0.2) is 0 Å². The van der Waals surface area contributed by atoms with Crippen molar-refractivity contribution < 1.29 is 18.3 Å². The highest BCUT2D eigenvalue weighted by atomic mass is 19.4. The lowest BCUT2D eigenvalue weighted by Gasteiger charge is -2.37. The minimum atomic E-state index is -4.12. The Morgan fingerprint density at radius 3 is 2.56 bits per heavy atom. The van der Waals surface area contributed by atoms with Crippen LogP contribution in [-0.4, -0.2) is 48.0 Å². The number of aliphatic hydroxyl groups is 1. The first-order valence-corrected chi connectivity index (χ1v) is 5.43. The zero-order valence-corrected chi connectivity index (χ0v) is 9.43. The van der Waals surface area contributed by atoms with Crippen LogP contribution in [0.4, 0.5) is 13.2 Å². The van der Waals surface area contributed by atoms with Crippen molar-refractivity contribution in [2.75, 3.05) is 26.2 Å². The summed E-state index contributed by atoms with van der Waals surface area (Å²) in [5, 5.41) is 8.98. The van der Waals surface area contributed by atoms with Crippen molar-refractivity contribution in [3.8, 4) is 0 Å². The molecule has 0 aromatic heterocycles. The molecular weight excluding hydrogens is 221 g/mol. The third-order valence-electron chi connectivity index (χ3n) is 2.91. The molecule has 0 aliphatic carbocycles. The van der Waals surface area contributed by atoms with Crippen LogP contribution in [0.1, 0.15) is 19.8 Å². The summed E-state index contributed by atoms with van der Waals surface area (Å²) >= 11 is 0.